The number of hydrogen-bond donors (Lipinski definition) is 1. The summed E-state index contributed by atoms with van der Waals surface area (Å²) in [5.41, 5.74) is 8.69. The van der Waals surface area contributed by atoms with Crippen LogP contribution in [0.3, 0.4) is 0 Å². The second-order valence-corrected chi connectivity index (χ2v) is 4.34. The van der Waals surface area contributed by atoms with E-state index < -0.39 is 0 Å². The molecule has 0 spiro atoms. The molecule has 96 valence electrons. The fourth-order valence-corrected chi connectivity index (χ4v) is 2.08. The van der Waals surface area contributed by atoms with Gasteiger partial charge in [0.1, 0.15) is 11.5 Å². The van der Waals surface area contributed by atoms with Crippen LogP contribution in [0.5, 0.6) is 0 Å². The lowest BCUT2D eigenvalue weighted by atomic mass is 10.1. The Morgan fingerprint density at radius 3 is 2.68 bits per heavy atom. The molecule has 0 atom stereocenters. The zero-order valence-corrected chi connectivity index (χ0v) is 10.8. The van der Waals surface area contributed by atoms with Crippen molar-refractivity contribution in [2.24, 2.45) is 14.1 Å². The third-order valence-corrected chi connectivity index (χ3v) is 3.07. The predicted octanol–water partition coefficient (Wildman–Crippen LogP) is 1.46. The van der Waals surface area contributed by atoms with E-state index >= 15 is 0 Å². The maximum atomic E-state index is 6.13. The minimum atomic E-state index is 0.603. The number of rotatable bonds is 2. The second-order valence-electron chi connectivity index (χ2n) is 4.34. The molecule has 2 N–H and O–H groups in total. The van der Waals surface area contributed by atoms with Crippen LogP contribution < -0.4 is 5.73 Å². The lowest BCUT2D eigenvalue weighted by Crippen LogP contribution is -1.98. The molecule has 0 aromatic carbocycles. The van der Waals surface area contributed by atoms with Crippen molar-refractivity contribution >= 4 is 5.82 Å². The zero-order chi connectivity index (χ0) is 13.4. The van der Waals surface area contributed by atoms with Crippen molar-refractivity contribution < 1.29 is 0 Å². The van der Waals surface area contributed by atoms with Gasteiger partial charge in [0, 0.05) is 44.4 Å². The van der Waals surface area contributed by atoms with Crippen molar-refractivity contribution in [1.29, 1.82) is 0 Å². The lowest BCUT2D eigenvalue weighted by molar-refractivity contribution is 0.776. The van der Waals surface area contributed by atoms with Gasteiger partial charge in [0.25, 0.3) is 0 Å². The maximum Gasteiger partial charge on any atom is 0.161 e. The van der Waals surface area contributed by atoms with Gasteiger partial charge in [-0.25, -0.2) is 4.98 Å². The molecule has 3 aromatic heterocycles. The van der Waals surface area contributed by atoms with Crippen LogP contribution >= 0.6 is 0 Å². The van der Waals surface area contributed by atoms with Gasteiger partial charge < -0.3 is 10.3 Å². The van der Waals surface area contributed by atoms with Gasteiger partial charge in [-0.3, -0.25) is 9.67 Å². The molecule has 6 nitrogen and oxygen atoms in total. The Hall–Kier alpha value is -2.63. The van der Waals surface area contributed by atoms with Crippen LogP contribution in [0.2, 0.25) is 0 Å². The van der Waals surface area contributed by atoms with Gasteiger partial charge in [0.05, 0.1) is 5.56 Å². The number of pyridine rings is 1. The topological polar surface area (TPSA) is 74.5 Å². The summed E-state index contributed by atoms with van der Waals surface area (Å²) in [6.07, 6.45) is 7.14. The summed E-state index contributed by atoms with van der Waals surface area (Å²) in [6.45, 7) is 0. The summed E-state index contributed by atoms with van der Waals surface area (Å²) in [5, 5.41) is 4.47. The van der Waals surface area contributed by atoms with Crippen molar-refractivity contribution in [3.8, 4) is 22.6 Å². The van der Waals surface area contributed by atoms with Crippen LogP contribution in [0.4, 0.5) is 5.82 Å². The van der Waals surface area contributed by atoms with Crippen LogP contribution in [0, 0.1) is 0 Å². The molecule has 6 heteroatoms. The summed E-state index contributed by atoms with van der Waals surface area (Å²) < 4.78 is 3.58. The van der Waals surface area contributed by atoms with Gasteiger partial charge in [-0.15, -0.1) is 0 Å². The van der Waals surface area contributed by atoms with E-state index in [1.165, 1.54) is 0 Å². The monoisotopic (exact) mass is 254 g/mol. The zero-order valence-electron chi connectivity index (χ0n) is 10.8. The van der Waals surface area contributed by atoms with Crippen LogP contribution in [-0.4, -0.2) is 24.3 Å². The molecule has 0 aliphatic rings. The quantitative estimate of drug-likeness (QED) is 0.751. The average Bonchev–Trinajstić information content (AvgIpc) is 2.96. The highest BCUT2D eigenvalue weighted by Gasteiger charge is 2.19. The van der Waals surface area contributed by atoms with Gasteiger partial charge in [0.2, 0.25) is 0 Å². The van der Waals surface area contributed by atoms with Crippen molar-refractivity contribution in [3.05, 3.63) is 36.9 Å². The van der Waals surface area contributed by atoms with Gasteiger partial charge in [-0.05, 0) is 6.07 Å². The molecule has 0 fully saturated rings. The highest BCUT2D eigenvalue weighted by Crippen LogP contribution is 2.34. The third-order valence-electron chi connectivity index (χ3n) is 3.07. The van der Waals surface area contributed by atoms with E-state index in [0.29, 0.717) is 5.82 Å². The molecular formula is C13H14N6. The maximum absolute atomic E-state index is 6.13. The van der Waals surface area contributed by atoms with Crippen LogP contribution in [-0.2, 0) is 14.1 Å². The molecule has 0 aliphatic heterocycles. The number of imidazole rings is 1. The number of nitrogens with zero attached hydrogens (tertiary/aromatic N) is 5. The fourth-order valence-electron chi connectivity index (χ4n) is 2.08. The van der Waals surface area contributed by atoms with Gasteiger partial charge in [-0.2, -0.15) is 5.10 Å². The van der Waals surface area contributed by atoms with E-state index in [1.54, 1.807) is 23.3 Å². The minimum absolute atomic E-state index is 0.603. The van der Waals surface area contributed by atoms with E-state index in [4.69, 9.17) is 5.73 Å². The van der Waals surface area contributed by atoms with Gasteiger partial charge in [0.15, 0.2) is 5.82 Å². The Labute approximate surface area is 110 Å². The number of anilines is 1. The molecule has 0 aliphatic carbocycles. The SMILES string of the molecule is Cn1ccnc1-c1nn(C)c(N)c1-c1cccnc1. The fraction of sp³-hybridized carbons (Fsp3) is 0.154. The smallest absolute Gasteiger partial charge is 0.161 e. The van der Waals surface area contributed by atoms with Gasteiger partial charge in [-0.1, -0.05) is 6.07 Å². The van der Waals surface area contributed by atoms with Gasteiger partial charge >= 0.3 is 0 Å². The van der Waals surface area contributed by atoms with Crippen molar-refractivity contribution in [2.45, 2.75) is 0 Å². The Kier molecular flexibility index (Phi) is 2.56. The number of nitrogens with two attached hydrogens (primary N) is 1. The molecule has 3 rings (SSSR count). The van der Waals surface area contributed by atoms with Crippen LogP contribution in [0.25, 0.3) is 22.6 Å². The first-order valence-electron chi connectivity index (χ1n) is 5.89. The molecule has 0 radical (unpaired) electrons. The van der Waals surface area contributed by atoms with E-state index in [2.05, 4.69) is 15.1 Å². The number of hydrogen-bond acceptors (Lipinski definition) is 4. The summed E-state index contributed by atoms with van der Waals surface area (Å²) in [4.78, 5) is 8.47. The third kappa shape index (κ3) is 1.77. The molecule has 0 amide bonds. The first-order valence-corrected chi connectivity index (χ1v) is 5.89. The molecule has 0 bridgehead atoms. The Morgan fingerprint density at radius 1 is 1.21 bits per heavy atom. The molecule has 3 heterocycles. The van der Waals surface area contributed by atoms with E-state index in [1.807, 2.05) is 37.0 Å². The highest BCUT2D eigenvalue weighted by molar-refractivity contribution is 5.85. The van der Waals surface area contributed by atoms with Crippen molar-refractivity contribution in [2.75, 3.05) is 5.73 Å². The molecule has 19 heavy (non-hydrogen) atoms. The number of nitrogen functional groups attached to an aromatic ring is 1. The predicted molar refractivity (Wildman–Crippen MR) is 73.1 cm³/mol. The Morgan fingerprint density at radius 2 is 2.05 bits per heavy atom. The molecular weight excluding hydrogens is 240 g/mol. The molecule has 3 aromatic rings. The normalized spacial score (nSPS) is 10.8. The van der Waals surface area contributed by atoms with Crippen molar-refractivity contribution in [1.82, 2.24) is 24.3 Å². The van der Waals surface area contributed by atoms with E-state index in [-0.39, 0.29) is 0 Å². The highest BCUT2D eigenvalue weighted by atomic mass is 15.3. The van der Waals surface area contributed by atoms with Crippen LogP contribution in [0.15, 0.2) is 36.9 Å². The second kappa shape index (κ2) is 4.24. The molecule has 0 unspecified atom stereocenters. The lowest BCUT2D eigenvalue weighted by Gasteiger charge is -2.03. The van der Waals surface area contributed by atoms with Crippen molar-refractivity contribution in [3.63, 3.8) is 0 Å². The average molecular weight is 254 g/mol. The standard InChI is InChI=1S/C13H14N6/c1-18-7-6-16-13(18)11-10(12(14)19(2)17-11)9-4-3-5-15-8-9/h3-8H,14H2,1-2H3. The summed E-state index contributed by atoms with van der Waals surface area (Å²) >= 11 is 0. The Bertz CT molecular complexity index is 710. The Balaban J connectivity index is 2.28. The number of aromatic nitrogens is 5. The first-order chi connectivity index (χ1) is 9.18. The van der Waals surface area contributed by atoms with E-state index in [0.717, 1.165) is 22.6 Å². The molecule has 0 saturated heterocycles. The summed E-state index contributed by atoms with van der Waals surface area (Å²) in [5.74, 6) is 1.39. The summed E-state index contributed by atoms with van der Waals surface area (Å²) in [7, 11) is 3.75. The largest absolute Gasteiger partial charge is 0.383 e. The first kappa shape index (κ1) is 11.5. The van der Waals surface area contributed by atoms with E-state index in [9.17, 15) is 0 Å². The minimum Gasteiger partial charge on any atom is -0.383 e. The number of aryl methyl sites for hydroxylation is 2. The van der Waals surface area contributed by atoms with Crippen LogP contribution in [0.1, 0.15) is 0 Å². The summed E-state index contributed by atoms with van der Waals surface area (Å²) in [6, 6.07) is 3.84. The molecule has 0 saturated carbocycles.